The first-order valence-corrected chi connectivity index (χ1v) is 10.6. The van der Waals surface area contributed by atoms with Crippen LogP contribution in [0.1, 0.15) is 15.9 Å². The van der Waals surface area contributed by atoms with Gasteiger partial charge in [0.15, 0.2) is 17.9 Å². The number of halogens is 1. The van der Waals surface area contributed by atoms with Crippen molar-refractivity contribution in [1.82, 2.24) is 9.97 Å². The lowest BCUT2D eigenvalue weighted by Gasteiger charge is -2.13. The molecule has 0 aliphatic heterocycles. The fourth-order valence-electron chi connectivity index (χ4n) is 2.81. The zero-order chi connectivity index (χ0) is 21.1. The second kappa shape index (κ2) is 8.10. The van der Waals surface area contributed by atoms with E-state index in [1.807, 2.05) is 0 Å². The van der Waals surface area contributed by atoms with Crippen molar-refractivity contribution in [2.75, 3.05) is 4.72 Å². The number of sulfonamides is 1. The molecule has 30 heavy (non-hydrogen) atoms. The van der Waals surface area contributed by atoms with Gasteiger partial charge >= 0.3 is 0 Å². The van der Waals surface area contributed by atoms with E-state index in [-0.39, 0.29) is 16.1 Å². The zero-order valence-electron chi connectivity index (χ0n) is 15.3. The number of anilines is 1. The summed E-state index contributed by atoms with van der Waals surface area (Å²) in [5.41, 5.74) is 1.24. The average Bonchev–Trinajstić information content (AvgIpc) is 3.30. The molecule has 0 radical (unpaired) electrons. The summed E-state index contributed by atoms with van der Waals surface area (Å²) in [6, 6.07) is 13.7. The smallest absolute Gasteiger partial charge is 0.261 e. The third-order valence-corrected chi connectivity index (χ3v) is 5.89. The largest absolute Gasteiger partial charge is 0.444 e. The number of pyridine rings is 1. The van der Waals surface area contributed by atoms with Crippen LogP contribution in [0.15, 0.2) is 88.9 Å². The van der Waals surface area contributed by atoms with Gasteiger partial charge < -0.3 is 4.42 Å². The summed E-state index contributed by atoms with van der Waals surface area (Å²) >= 11 is 6.04. The molecule has 0 fully saturated rings. The van der Waals surface area contributed by atoms with E-state index in [0.717, 1.165) is 0 Å². The predicted octanol–water partition coefficient (Wildman–Crippen LogP) is 4.42. The van der Waals surface area contributed by atoms with Gasteiger partial charge in [-0.05, 0) is 54.6 Å². The fraction of sp³-hybridized carbons (Fsp3) is 0. The summed E-state index contributed by atoms with van der Waals surface area (Å²) in [6.07, 6.45) is 5.78. The minimum Gasteiger partial charge on any atom is -0.444 e. The van der Waals surface area contributed by atoms with Crippen LogP contribution in [0.4, 0.5) is 5.69 Å². The van der Waals surface area contributed by atoms with Crippen LogP contribution in [-0.2, 0) is 10.0 Å². The SMILES string of the molecule is O=C(c1cccnc1)c1cc(Cl)ccc1NS(=O)(=O)c1ccc(-c2cnco2)cc1. The first-order valence-electron chi connectivity index (χ1n) is 8.70. The summed E-state index contributed by atoms with van der Waals surface area (Å²) in [4.78, 5) is 20.7. The molecule has 4 aromatic rings. The Morgan fingerprint density at radius 1 is 1.00 bits per heavy atom. The van der Waals surface area contributed by atoms with Crippen molar-refractivity contribution in [2.45, 2.75) is 4.90 Å². The number of benzene rings is 2. The van der Waals surface area contributed by atoms with Crippen LogP contribution in [0.3, 0.4) is 0 Å². The number of hydrogen-bond donors (Lipinski definition) is 1. The molecule has 0 aliphatic rings. The quantitative estimate of drug-likeness (QED) is 0.446. The number of nitrogens with one attached hydrogen (secondary N) is 1. The van der Waals surface area contributed by atoms with Crippen LogP contribution >= 0.6 is 11.6 Å². The van der Waals surface area contributed by atoms with Gasteiger partial charge in [-0.2, -0.15) is 0 Å². The van der Waals surface area contributed by atoms with Gasteiger partial charge in [0.2, 0.25) is 0 Å². The van der Waals surface area contributed by atoms with Gasteiger partial charge in [-0.3, -0.25) is 14.5 Å². The molecular formula is C21H14ClN3O4S. The first-order chi connectivity index (χ1) is 14.4. The van der Waals surface area contributed by atoms with E-state index in [4.69, 9.17) is 16.0 Å². The number of aromatic nitrogens is 2. The molecule has 0 saturated heterocycles. The zero-order valence-corrected chi connectivity index (χ0v) is 16.9. The Kier molecular flexibility index (Phi) is 5.35. The molecule has 1 N–H and O–H groups in total. The second-order valence-corrected chi connectivity index (χ2v) is 8.38. The van der Waals surface area contributed by atoms with Gasteiger partial charge in [0.05, 0.1) is 16.8 Å². The molecule has 2 aromatic heterocycles. The summed E-state index contributed by atoms with van der Waals surface area (Å²) < 4.78 is 33.5. The number of carbonyl (C=O) groups excluding carboxylic acids is 1. The fourth-order valence-corrected chi connectivity index (χ4v) is 4.06. The third-order valence-electron chi connectivity index (χ3n) is 4.28. The lowest BCUT2D eigenvalue weighted by Crippen LogP contribution is -2.16. The van der Waals surface area contributed by atoms with Crippen LogP contribution in [0.5, 0.6) is 0 Å². The van der Waals surface area contributed by atoms with E-state index in [0.29, 0.717) is 21.9 Å². The monoisotopic (exact) mass is 439 g/mol. The lowest BCUT2D eigenvalue weighted by molar-refractivity contribution is 0.103. The highest BCUT2D eigenvalue weighted by atomic mass is 35.5. The van der Waals surface area contributed by atoms with Crippen molar-refractivity contribution in [2.24, 2.45) is 0 Å². The van der Waals surface area contributed by atoms with Gasteiger partial charge in [-0.25, -0.2) is 13.4 Å². The van der Waals surface area contributed by atoms with E-state index >= 15 is 0 Å². The molecule has 0 saturated carbocycles. The summed E-state index contributed by atoms with van der Waals surface area (Å²) in [5.74, 6) is 0.123. The molecule has 4 rings (SSSR count). The van der Waals surface area contributed by atoms with Crippen LogP contribution in [0.25, 0.3) is 11.3 Å². The van der Waals surface area contributed by atoms with Gasteiger partial charge in [-0.1, -0.05) is 11.6 Å². The third kappa shape index (κ3) is 4.10. The molecule has 0 aliphatic carbocycles. The molecule has 0 bridgehead atoms. The Balaban J connectivity index is 1.66. The van der Waals surface area contributed by atoms with E-state index in [9.17, 15) is 13.2 Å². The number of oxazole rings is 1. The average molecular weight is 440 g/mol. The van der Waals surface area contributed by atoms with E-state index in [1.165, 1.54) is 49.1 Å². The van der Waals surface area contributed by atoms with Crippen molar-refractivity contribution in [1.29, 1.82) is 0 Å². The van der Waals surface area contributed by atoms with Gasteiger partial charge in [0, 0.05) is 34.1 Å². The lowest BCUT2D eigenvalue weighted by atomic mass is 10.0. The molecule has 7 nitrogen and oxygen atoms in total. The van der Waals surface area contributed by atoms with Crippen molar-refractivity contribution in [3.8, 4) is 11.3 Å². The second-order valence-electron chi connectivity index (χ2n) is 6.26. The Bertz CT molecular complexity index is 1290. The van der Waals surface area contributed by atoms with Gasteiger partial charge in [0.1, 0.15) is 0 Å². The van der Waals surface area contributed by atoms with Crippen LogP contribution in [0.2, 0.25) is 5.02 Å². The highest BCUT2D eigenvalue weighted by Crippen LogP contribution is 2.27. The highest BCUT2D eigenvalue weighted by Gasteiger charge is 2.20. The topological polar surface area (TPSA) is 102 Å². The van der Waals surface area contributed by atoms with Gasteiger partial charge in [-0.15, -0.1) is 0 Å². The van der Waals surface area contributed by atoms with Crippen molar-refractivity contribution in [3.63, 3.8) is 0 Å². The number of ketones is 1. The summed E-state index contributed by atoms with van der Waals surface area (Å²) in [6.45, 7) is 0. The standard InChI is InChI=1S/C21H14ClN3O4S/c22-16-5-8-19(18(10-16)21(26)15-2-1-9-23-11-15)25-30(27,28)17-6-3-14(4-7-17)20-12-24-13-29-20/h1-13,25H. The van der Waals surface area contributed by atoms with Gasteiger partial charge in [0.25, 0.3) is 10.0 Å². The number of hydrogen-bond acceptors (Lipinski definition) is 6. The summed E-state index contributed by atoms with van der Waals surface area (Å²) in [5, 5.41) is 0.307. The number of carbonyl (C=O) groups is 1. The molecule has 2 heterocycles. The van der Waals surface area contributed by atoms with E-state index < -0.39 is 15.8 Å². The minimum absolute atomic E-state index is 0.0282. The normalized spacial score (nSPS) is 11.2. The maximum absolute atomic E-state index is 12.9. The Hall–Kier alpha value is -3.49. The van der Waals surface area contributed by atoms with Crippen LogP contribution in [0, 0.1) is 0 Å². The molecule has 0 spiro atoms. The van der Waals surface area contributed by atoms with Crippen molar-refractivity contribution in [3.05, 3.63) is 95.7 Å². The molecule has 0 unspecified atom stereocenters. The molecule has 0 atom stereocenters. The maximum atomic E-state index is 12.9. The Morgan fingerprint density at radius 3 is 2.47 bits per heavy atom. The molecule has 2 aromatic carbocycles. The molecule has 9 heteroatoms. The summed E-state index contributed by atoms with van der Waals surface area (Å²) in [7, 11) is -3.96. The van der Waals surface area contributed by atoms with E-state index in [1.54, 1.807) is 30.5 Å². The molecular weight excluding hydrogens is 426 g/mol. The molecule has 0 amide bonds. The number of nitrogens with zero attached hydrogens (tertiary/aromatic N) is 2. The molecule has 150 valence electrons. The highest BCUT2D eigenvalue weighted by molar-refractivity contribution is 7.92. The predicted molar refractivity (Wildman–Crippen MR) is 112 cm³/mol. The van der Waals surface area contributed by atoms with Crippen LogP contribution < -0.4 is 4.72 Å². The van der Waals surface area contributed by atoms with Crippen molar-refractivity contribution < 1.29 is 17.6 Å². The van der Waals surface area contributed by atoms with Crippen LogP contribution in [-0.4, -0.2) is 24.2 Å². The Labute approximate surface area is 177 Å². The van der Waals surface area contributed by atoms with Crippen molar-refractivity contribution >= 4 is 33.1 Å². The first kappa shape index (κ1) is 19.8. The Morgan fingerprint density at radius 2 is 1.80 bits per heavy atom. The number of rotatable bonds is 6. The van der Waals surface area contributed by atoms with E-state index in [2.05, 4.69) is 14.7 Å². The minimum atomic E-state index is -3.96. The maximum Gasteiger partial charge on any atom is 0.261 e.